The maximum Gasteiger partial charge on any atom is 0.252 e. The second kappa shape index (κ2) is 7.23. The van der Waals surface area contributed by atoms with Crippen molar-refractivity contribution < 1.29 is 24.2 Å². The van der Waals surface area contributed by atoms with E-state index in [9.17, 15) is 5.11 Å². The molecule has 1 saturated carbocycles. The Labute approximate surface area is 135 Å². The first-order valence-electron chi connectivity index (χ1n) is 8.11. The van der Waals surface area contributed by atoms with Crippen molar-refractivity contribution in [2.45, 2.75) is 44.6 Å². The van der Waals surface area contributed by atoms with E-state index in [4.69, 9.17) is 19.1 Å². The molecule has 0 unspecified atom stereocenters. The summed E-state index contributed by atoms with van der Waals surface area (Å²) in [4.78, 5) is 6.55. The number of hydrogen-bond donors (Lipinski definition) is 2. The summed E-state index contributed by atoms with van der Waals surface area (Å²) in [7, 11) is 1.59. The van der Waals surface area contributed by atoms with E-state index in [2.05, 4.69) is 15.0 Å². The molecular weight excluding hydrogens is 302 g/mol. The summed E-state index contributed by atoms with van der Waals surface area (Å²) in [6.07, 6.45) is 2.20. The van der Waals surface area contributed by atoms with Crippen LogP contribution in [0.15, 0.2) is 4.52 Å². The number of methoxy groups -OCH3 is 1. The van der Waals surface area contributed by atoms with Crippen LogP contribution < -0.4 is 0 Å². The van der Waals surface area contributed by atoms with E-state index in [0.717, 1.165) is 25.9 Å². The lowest BCUT2D eigenvalue weighted by Crippen LogP contribution is -2.62. The molecule has 8 heteroatoms. The van der Waals surface area contributed by atoms with Crippen molar-refractivity contribution in [1.82, 2.24) is 15.0 Å². The Bertz CT molecular complexity index is 501. The number of rotatable bonds is 7. The Morgan fingerprint density at radius 1 is 1.39 bits per heavy atom. The molecule has 1 aromatic rings. The van der Waals surface area contributed by atoms with Gasteiger partial charge in [0.1, 0.15) is 6.61 Å². The van der Waals surface area contributed by atoms with E-state index in [1.807, 2.05) is 0 Å². The molecule has 1 aromatic heterocycles. The molecule has 3 rings (SSSR count). The van der Waals surface area contributed by atoms with Crippen LogP contribution in [-0.2, 0) is 22.6 Å². The highest BCUT2D eigenvalue weighted by Crippen LogP contribution is 2.51. The highest BCUT2D eigenvalue weighted by molar-refractivity contribution is 5.06. The van der Waals surface area contributed by atoms with Gasteiger partial charge in [-0.2, -0.15) is 4.98 Å². The van der Waals surface area contributed by atoms with E-state index < -0.39 is 0 Å². The maximum atomic E-state index is 10.2. The van der Waals surface area contributed by atoms with Gasteiger partial charge in [0, 0.05) is 18.9 Å². The second-order valence-electron chi connectivity index (χ2n) is 6.38. The molecule has 23 heavy (non-hydrogen) atoms. The van der Waals surface area contributed by atoms with Crippen LogP contribution in [0.2, 0.25) is 0 Å². The molecule has 1 aliphatic carbocycles. The topological polar surface area (TPSA) is 101 Å². The Kier molecular flexibility index (Phi) is 5.27. The second-order valence-corrected chi connectivity index (χ2v) is 6.38. The third kappa shape index (κ3) is 3.41. The Hall–Kier alpha value is -1.06. The normalized spacial score (nSPS) is 27.3. The molecule has 1 spiro atoms. The van der Waals surface area contributed by atoms with Gasteiger partial charge in [-0.05, 0) is 25.9 Å². The van der Waals surface area contributed by atoms with Crippen molar-refractivity contribution in [3.8, 4) is 0 Å². The van der Waals surface area contributed by atoms with Crippen molar-refractivity contribution >= 4 is 0 Å². The van der Waals surface area contributed by atoms with Crippen molar-refractivity contribution in [3.05, 3.63) is 11.7 Å². The van der Waals surface area contributed by atoms with E-state index in [0.29, 0.717) is 37.9 Å². The summed E-state index contributed by atoms with van der Waals surface area (Å²) in [5.41, 5.74) is -0.149. The number of hydrogen-bond acceptors (Lipinski definition) is 8. The maximum absolute atomic E-state index is 10.2. The molecule has 0 amide bonds. The molecule has 1 aliphatic heterocycles. The lowest BCUT2D eigenvalue weighted by Gasteiger charge is -2.56. The van der Waals surface area contributed by atoms with Gasteiger partial charge in [0.05, 0.1) is 32.0 Å². The number of aliphatic hydroxyl groups is 2. The summed E-state index contributed by atoms with van der Waals surface area (Å²) in [5, 5.41) is 23.1. The van der Waals surface area contributed by atoms with Crippen LogP contribution in [0.3, 0.4) is 0 Å². The van der Waals surface area contributed by atoms with Gasteiger partial charge < -0.3 is 24.2 Å². The van der Waals surface area contributed by atoms with Crippen LogP contribution in [0.4, 0.5) is 0 Å². The molecule has 2 aliphatic rings. The van der Waals surface area contributed by atoms with Crippen LogP contribution in [0, 0.1) is 5.41 Å². The van der Waals surface area contributed by atoms with E-state index in [1.54, 1.807) is 7.11 Å². The van der Waals surface area contributed by atoms with Crippen LogP contribution in [-0.4, -0.2) is 70.9 Å². The van der Waals surface area contributed by atoms with E-state index in [1.165, 1.54) is 0 Å². The molecule has 2 atom stereocenters. The fourth-order valence-corrected chi connectivity index (χ4v) is 3.67. The minimum atomic E-state index is -0.299. The number of aliphatic hydroxyl groups excluding tert-OH is 2. The van der Waals surface area contributed by atoms with Crippen molar-refractivity contribution in [1.29, 1.82) is 0 Å². The molecule has 2 fully saturated rings. The highest BCUT2D eigenvalue weighted by atomic mass is 16.5. The average Bonchev–Trinajstić information content (AvgIpc) is 2.99. The zero-order valence-electron chi connectivity index (χ0n) is 13.5. The largest absolute Gasteiger partial charge is 0.394 e. The first-order chi connectivity index (χ1) is 11.2. The summed E-state index contributed by atoms with van der Waals surface area (Å²) >= 11 is 0. The monoisotopic (exact) mass is 327 g/mol. The molecule has 1 saturated heterocycles. The zero-order chi connectivity index (χ0) is 16.3. The summed E-state index contributed by atoms with van der Waals surface area (Å²) in [6.45, 7) is 3.06. The molecule has 2 heterocycles. The summed E-state index contributed by atoms with van der Waals surface area (Å²) in [6, 6.07) is 0. The fraction of sp³-hybridized carbons (Fsp3) is 0.867. The number of nitrogens with zero attached hydrogens (tertiary/aromatic N) is 3. The minimum Gasteiger partial charge on any atom is -0.394 e. The highest BCUT2D eigenvalue weighted by Gasteiger charge is 2.56. The van der Waals surface area contributed by atoms with Gasteiger partial charge in [-0.25, -0.2) is 0 Å². The van der Waals surface area contributed by atoms with Gasteiger partial charge in [0.25, 0.3) is 5.89 Å². The lowest BCUT2D eigenvalue weighted by atomic mass is 9.58. The minimum absolute atomic E-state index is 0.0242. The van der Waals surface area contributed by atoms with Crippen molar-refractivity contribution in [2.24, 2.45) is 5.41 Å². The van der Waals surface area contributed by atoms with Gasteiger partial charge in [0.15, 0.2) is 5.82 Å². The molecule has 130 valence electrons. The van der Waals surface area contributed by atoms with Gasteiger partial charge >= 0.3 is 0 Å². The quantitative estimate of drug-likeness (QED) is 0.718. The van der Waals surface area contributed by atoms with Gasteiger partial charge in [0.2, 0.25) is 0 Å². The molecule has 0 aromatic carbocycles. The third-order valence-corrected chi connectivity index (χ3v) is 5.08. The number of ether oxygens (including phenoxy) is 2. The third-order valence-electron chi connectivity index (χ3n) is 5.08. The zero-order valence-corrected chi connectivity index (χ0v) is 13.5. The molecular formula is C15H25N3O5. The predicted octanol–water partition coefficient (Wildman–Crippen LogP) is -0.0597. The van der Waals surface area contributed by atoms with Crippen molar-refractivity contribution in [3.63, 3.8) is 0 Å². The van der Waals surface area contributed by atoms with E-state index in [-0.39, 0.29) is 24.2 Å². The standard InChI is InChI=1S/C15H25N3O5/c1-21-10-14-16-13(17-23-14)9-18-4-2-15(3-5-18)11(20)8-12(15)22-7-6-19/h11-12,19-20H,2-10H2,1H3/t11-,12+/m0/s1. The Morgan fingerprint density at radius 3 is 2.83 bits per heavy atom. The molecule has 0 bridgehead atoms. The van der Waals surface area contributed by atoms with Crippen LogP contribution >= 0.6 is 0 Å². The molecule has 0 radical (unpaired) electrons. The Morgan fingerprint density at radius 2 is 2.17 bits per heavy atom. The van der Waals surface area contributed by atoms with Crippen LogP contribution in [0.1, 0.15) is 31.0 Å². The summed E-state index contributed by atoms with van der Waals surface area (Å²) < 4.78 is 15.8. The average molecular weight is 327 g/mol. The van der Waals surface area contributed by atoms with E-state index >= 15 is 0 Å². The van der Waals surface area contributed by atoms with Crippen LogP contribution in [0.25, 0.3) is 0 Å². The molecule has 2 N–H and O–H groups in total. The SMILES string of the molecule is COCc1nc(CN2CCC3(CC2)[C@@H](O)C[C@H]3OCCO)no1. The summed E-state index contributed by atoms with van der Waals surface area (Å²) in [5.74, 6) is 1.15. The predicted molar refractivity (Wildman–Crippen MR) is 79.4 cm³/mol. The lowest BCUT2D eigenvalue weighted by molar-refractivity contribution is -0.213. The smallest absolute Gasteiger partial charge is 0.252 e. The first-order valence-corrected chi connectivity index (χ1v) is 8.11. The van der Waals surface area contributed by atoms with Gasteiger partial charge in [-0.15, -0.1) is 0 Å². The Balaban J connectivity index is 1.51. The van der Waals surface area contributed by atoms with Gasteiger partial charge in [-0.3, -0.25) is 4.90 Å². The number of likely N-dealkylation sites (tertiary alicyclic amines) is 1. The van der Waals surface area contributed by atoms with Crippen LogP contribution in [0.5, 0.6) is 0 Å². The number of aromatic nitrogens is 2. The first kappa shape index (κ1) is 16.8. The van der Waals surface area contributed by atoms with Crippen molar-refractivity contribution in [2.75, 3.05) is 33.4 Å². The molecule has 8 nitrogen and oxygen atoms in total. The fourth-order valence-electron chi connectivity index (χ4n) is 3.67. The number of piperidine rings is 1. The van der Waals surface area contributed by atoms with Gasteiger partial charge in [-0.1, -0.05) is 5.16 Å².